The van der Waals surface area contributed by atoms with Crippen LogP contribution in [0.2, 0.25) is 0 Å². The fraction of sp³-hybridized carbons (Fsp3) is 0.407. The maximum Gasteiger partial charge on any atom is 0.329 e. The molecule has 0 spiro atoms. The molecule has 174 valence electrons. The number of nitrogens with zero attached hydrogens (tertiary/aromatic N) is 2. The Kier molecular flexibility index (Phi) is 7.55. The Labute approximate surface area is 194 Å². The number of carboxylic acid groups (broad SMARTS) is 1. The summed E-state index contributed by atoms with van der Waals surface area (Å²) >= 11 is 0. The first-order valence-electron chi connectivity index (χ1n) is 11.8. The van der Waals surface area contributed by atoms with Crippen LogP contribution in [-0.2, 0) is 22.5 Å². The zero-order chi connectivity index (χ0) is 23.2. The minimum Gasteiger partial charge on any atom is -0.480 e. The van der Waals surface area contributed by atoms with Crippen LogP contribution in [0.3, 0.4) is 0 Å². The van der Waals surface area contributed by atoms with Crippen molar-refractivity contribution < 1.29 is 19.0 Å². The third-order valence-corrected chi connectivity index (χ3v) is 6.50. The lowest BCUT2D eigenvalue weighted by Crippen LogP contribution is -2.23. The molecule has 1 aliphatic carbocycles. The Morgan fingerprint density at radius 2 is 1.76 bits per heavy atom. The number of carbonyl (C=O) groups is 1. The highest BCUT2D eigenvalue weighted by Crippen LogP contribution is 2.38. The van der Waals surface area contributed by atoms with Gasteiger partial charge in [-0.2, -0.15) is 5.10 Å². The van der Waals surface area contributed by atoms with E-state index in [1.54, 1.807) is 12.1 Å². The van der Waals surface area contributed by atoms with Gasteiger partial charge in [0, 0.05) is 17.7 Å². The predicted octanol–water partition coefficient (Wildman–Crippen LogP) is 5.83. The standard InChI is InChI=1S/C27H31FN2O3/c1-2-24-26(22-9-6-10-23(28)15-22)27(21-7-4-3-5-8-21)30(29-24)16-19-11-13-20(14-12-19)17-33-18-25(31)32/h3-10,15,19-20H,2,11-14,16-18H2,1H3,(H,31,32). The Bertz CT molecular complexity index is 1070. The molecule has 1 aliphatic rings. The number of halogens is 1. The molecule has 0 bridgehead atoms. The summed E-state index contributed by atoms with van der Waals surface area (Å²) in [6.07, 6.45) is 4.96. The molecule has 0 atom stereocenters. The first-order chi connectivity index (χ1) is 16.0. The number of aliphatic carboxylic acids is 1. The minimum absolute atomic E-state index is 0.226. The number of hydrogen-bond acceptors (Lipinski definition) is 3. The van der Waals surface area contributed by atoms with Crippen LogP contribution in [0.1, 0.15) is 38.3 Å². The first-order valence-corrected chi connectivity index (χ1v) is 11.8. The summed E-state index contributed by atoms with van der Waals surface area (Å²) < 4.78 is 21.5. The molecule has 1 saturated carbocycles. The molecule has 0 saturated heterocycles. The van der Waals surface area contributed by atoms with Crippen LogP contribution in [0.5, 0.6) is 0 Å². The van der Waals surface area contributed by atoms with Gasteiger partial charge in [-0.25, -0.2) is 9.18 Å². The summed E-state index contributed by atoms with van der Waals surface area (Å²) in [6.45, 7) is 3.19. The van der Waals surface area contributed by atoms with Crippen molar-refractivity contribution in [2.75, 3.05) is 13.2 Å². The lowest BCUT2D eigenvalue weighted by molar-refractivity contribution is -0.142. The van der Waals surface area contributed by atoms with Crippen molar-refractivity contribution in [3.05, 3.63) is 66.1 Å². The van der Waals surface area contributed by atoms with E-state index in [0.717, 1.165) is 66.7 Å². The molecule has 1 N–H and O–H groups in total. The van der Waals surface area contributed by atoms with Crippen molar-refractivity contribution in [1.82, 2.24) is 9.78 Å². The van der Waals surface area contributed by atoms with Crippen molar-refractivity contribution in [2.45, 2.75) is 45.6 Å². The number of hydrogen-bond donors (Lipinski definition) is 1. The molecule has 4 rings (SSSR count). The highest BCUT2D eigenvalue weighted by atomic mass is 19.1. The van der Waals surface area contributed by atoms with Gasteiger partial charge in [0.15, 0.2) is 0 Å². The van der Waals surface area contributed by atoms with Crippen molar-refractivity contribution >= 4 is 5.97 Å². The second-order valence-corrected chi connectivity index (χ2v) is 8.88. The smallest absolute Gasteiger partial charge is 0.329 e. The third kappa shape index (κ3) is 5.69. The van der Waals surface area contributed by atoms with Gasteiger partial charge >= 0.3 is 5.97 Å². The Morgan fingerprint density at radius 3 is 2.42 bits per heavy atom. The minimum atomic E-state index is -0.920. The highest BCUT2D eigenvalue weighted by molar-refractivity contribution is 5.83. The van der Waals surface area contributed by atoms with Crippen molar-refractivity contribution in [2.24, 2.45) is 11.8 Å². The Morgan fingerprint density at radius 1 is 1.06 bits per heavy atom. The van der Waals surface area contributed by atoms with Gasteiger partial charge in [-0.05, 0) is 61.6 Å². The van der Waals surface area contributed by atoms with E-state index in [1.165, 1.54) is 6.07 Å². The van der Waals surface area contributed by atoms with E-state index < -0.39 is 5.97 Å². The molecule has 1 aromatic heterocycles. The number of aryl methyl sites for hydroxylation is 1. The van der Waals surface area contributed by atoms with Gasteiger partial charge in [-0.1, -0.05) is 49.4 Å². The average Bonchev–Trinajstić information content (AvgIpc) is 3.19. The van der Waals surface area contributed by atoms with Crippen LogP contribution in [0, 0.1) is 17.7 Å². The van der Waals surface area contributed by atoms with E-state index in [1.807, 2.05) is 24.3 Å². The first kappa shape index (κ1) is 23.2. The van der Waals surface area contributed by atoms with Gasteiger partial charge in [0.1, 0.15) is 12.4 Å². The van der Waals surface area contributed by atoms with Crippen molar-refractivity contribution in [3.63, 3.8) is 0 Å². The average molecular weight is 451 g/mol. The number of ether oxygens (including phenoxy) is 1. The van der Waals surface area contributed by atoms with Gasteiger partial charge in [-0.3, -0.25) is 4.68 Å². The van der Waals surface area contributed by atoms with Gasteiger partial charge < -0.3 is 9.84 Å². The van der Waals surface area contributed by atoms with Crippen LogP contribution >= 0.6 is 0 Å². The molecule has 0 unspecified atom stereocenters. The number of rotatable bonds is 9. The molecule has 3 aromatic rings. The Balaban J connectivity index is 1.58. The SMILES string of the molecule is CCc1nn(CC2CCC(COCC(=O)O)CC2)c(-c2ccccc2)c1-c1cccc(F)c1. The van der Waals surface area contributed by atoms with E-state index in [2.05, 4.69) is 23.7 Å². The van der Waals surface area contributed by atoms with Crippen molar-refractivity contribution in [3.8, 4) is 22.4 Å². The van der Waals surface area contributed by atoms with Crippen molar-refractivity contribution in [1.29, 1.82) is 0 Å². The van der Waals surface area contributed by atoms with Gasteiger partial charge in [0.25, 0.3) is 0 Å². The molecule has 33 heavy (non-hydrogen) atoms. The van der Waals surface area contributed by atoms with E-state index in [0.29, 0.717) is 18.4 Å². The molecule has 1 heterocycles. The number of benzene rings is 2. The lowest BCUT2D eigenvalue weighted by atomic mass is 9.82. The van der Waals surface area contributed by atoms with E-state index in [-0.39, 0.29) is 12.4 Å². The second-order valence-electron chi connectivity index (χ2n) is 8.88. The van der Waals surface area contributed by atoms with Gasteiger partial charge in [-0.15, -0.1) is 0 Å². The van der Waals surface area contributed by atoms with E-state index in [9.17, 15) is 9.18 Å². The second kappa shape index (κ2) is 10.8. The third-order valence-electron chi connectivity index (χ3n) is 6.50. The Hall–Kier alpha value is -2.99. The largest absolute Gasteiger partial charge is 0.480 e. The zero-order valence-electron chi connectivity index (χ0n) is 19.0. The van der Waals surface area contributed by atoms with Crippen LogP contribution in [-0.4, -0.2) is 34.1 Å². The zero-order valence-corrected chi connectivity index (χ0v) is 19.0. The maximum absolute atomic E-state index is 14.1. The van der Waals surface area contributed by atoms with Gasteiger partial charge in [0.2, 0.25) is 0 Å². The summed E-state index contributed by atoms with van der Waals surface area (Å²) in [5.74, 6) is -0.254. The van der Waals surface area contributed by atoms with Gasteiger partial charge in [0.05, 0.1) is 18.0 Å². The predicted molar refractivity (Wildman–Crippen MR) is 126 cm³/mol. The summed E-state index contributed by atoms with van der Waals surface area (Å²) in [5.41, 5.74) is 4.98. The van der Waals surface area contributed by atoms with Crippen LogP contribution in [0.4, 0.5) is 4.39 Å². The molecule has 1 fully saturated rings. The molecule has 0 aliphatic heterocycles. The number of carboxylic acids is 1. The summed E-state index contributed by atoms with van der Waals surface area (Å²) in [4.78, 5) is 10.7. The summed E-state index contributed by atoms with van der Waals surface area (Å²) in [5, 5.41) is 13.8. The summed E-state index contributed by atoms with van der Waals surface area (Å²) in [7, 11) is 0. The maximum atomic E-state index is 14.1. The molecule has 2 aromatic carbocycles. The monoisotopic (exact) mass is 450 g/mol. The lowest BCUT2D eigenvalue weighted by Gasteiger charge is -2.28. The number of aromatic nitrogens is 2. The van der Waals surface area contributed by atoms with Crippen LogP contribution in [0.25, 0.3) is 22.4 Å². The quantitative estimate of drug-likeness (QED) is 0.446. The summed E-state index contributed by atoms with van der Waals surface area (Å²) in [6, 6.07) is 17.0. The highest BCUT2D eigenvalue weighted by Gasteiger charge is 2.26. The van der Waals surface area contributed by atoms with E-state index >= 15 is 0 Å². The molecule has 0 radical (unpaired) electrons. The molecule has 6 heteroatoms. The molecular formula is C27H31FN2O3. The molecular weight excluding hydrogens is 419 g/mol. The fourth-order valence-corrected chi connectivity index (χ4v) is 4.87. The van der Waals surface area contributed by atoms with Crippen LogP contribution < -0.4 is 0 Å². The normalized spacial score (nSPS) is 18.4. The van der Waals surface area contributed by atoms with E-state index in [4.69, 9.17) is 14.9 Å². The fourth-order valence-electron chi connectivity index (χ4n) is 4.87. The molecule has 0 amide bonds. The topological polar surface area (TPSA) is 64.4 Å². The van der Waals surface area contributed by atoms with Crippen LogP contribution in [0.15, 0.2) is 54.6 Å². The molecule has 5 nitrogen and oxygen atoms in total.